The van der Waals surface area contributed by atoms with Gasteiger partial charge in [0, 0.05) is 17.9 Å². The Morgan fingerprint density at radius 2 is 2.29 bits per heavy atom. The lowest BCUT2D eigenvalue weighted by Crippen LogP contribution is -2.20. The Kier molecular flexibility index (Phi) is 2.25. The van der Waals surface area contributed by atoms with Gasteiger partial charge < -0.3 is 11.1 Å². The van der Waals surface area contributed by atoms with Gasteiger partial charge in [-0.1, -0.05) is 0 Å². The molecule has 0 aliphatic carbocycles. The van der Waals surface area contributed by atoms with E-state index in [1.54, 1.807) is 18.2 Å². The van der Waals surface area contributed by atoms with E-state index < -0.39 is 16.7 Å². The number of amides is 1. The van der Waals surface area contributed by atoms with Crippen molar-refractivity contribution < 1.29 is 9.00 Å². The minimum atomic E-state index is -0.951. The summed E-state index contributed by atoms with van der Waals surface area (Å²) in [5.74, 6) is 0.147. The topological polar surface area (TPSA) is 72.2 Å². The molecule has 0 radical (unpaired) electrons. The zero-order chi connectivity index (χ0) is 10.1. The molecule has 1 atom stereocenters. The molecular weight excluding hydrogens is 200 g/mol. The third-order valence-electron chi connectivity index (χ3n) is 2.11. The largest absolute Gasteiger partial charge is 0.383 e. The van der Waals surface area contributed by atoms with Gasteiger partial charge in [-0.3, -0.25) is 9.00 Å². The van der Waals surface area contributed by atoms with Gasteiger partial charge in [-0.15, -0.1) is 0 Å². The molecule has 2 rings (SSSR count). The van der Waals surface area contributed by atoms with Gasteiger partial charge in [0.25, 0.3) is 0 Å². The van der Waals surface area contributed by atoms with E-state index >= 15 is 0 Å². The second-order valence-corrected chi connectivity index (χ2v) is 4.59. The highest BCUT2D eigenvalue weighted by molar-refractivity contribution is 7.85. The summed E-state index contributed by atoms with van der Waals surface area (Å²) in [4.78, 5) is 11.6. The molecule has 1 unspecified atom stereocenters. The Balaban J connectivity index is 2.49. The zero-order valence-electron chi connectivity index (χ0n) is 7.45. The molecule has 4 nitrogen and oxygen atoms in total. The first-order chi connectivity index (χ1) is 6.68. The van der Waals surface area contributed by atoms with Crippen molar-refractivity contribution >= 4 is 22.4 Å². The first kappa shape index (κ1) is 9.21. The summed E-state index contributed by atoms with van der Waals surface area (Å²) in [7, 11) is -0.951. The molecule has 3 N–H and O–H groups in total. The fourth-order valence-corrected chi connectivity index (χ4v) is 2.51. The third-order valence-corrected chi connectivity index (χ3v) is 3.53. The van der Waals surface area contributed by atoms with E-state index in [2.05, 4.69) is 5.32 Å². The van der Waals surface area contributed by atoms with E-state index in [9.17, 15) is 9.00 Å². The maximum Gasteiger partial charge on any atom is 0.248 e. The van der Waals surface area contributed by atoms with E-state index in [-0.39, 0.29) is 0 Å². The summed E-state index contributed by atoms with van der Waals surface area (Å²) >= 11 is 0. The van der Waals surface area contributed by atoms with Crippen molar-refractivity contribution in [1.82, 2.24) is 0 Å². The first-order valence-electron chi connectivity index (χ1n) is 4.24. The standard InChI is InChI=1S/C9H10N2O2S/c10-9(12)6-1-2-8-7(5-6)11-3-4-14(8)13/h1-2,5,11H,3-4H2,(H2,10,12). The van der Waals surface area contributed by atoms with Crippen LogP contribution in [0.3, 0.4) is 0 Å². The lowest BCUT2D eigenvalue weighted by molar-refractivity contribution is 0.100. The van der Waals surface area contributed by atoms with Crippen molar-refractivity contribution in [3.05, 3.63) is 23.8 Å². The second-order valence-electron chi connectivity index (χ2n) is 3.05. The van der Waals surface area contributed by atoms with E-state index in [1.807, 2.05) is 0 Å². The lowest BCUT2D eigenvalue weighted by atomic mass is 10.2. The fourth-order valence-electron chi connectivity index (χ4n) is 1.41. The predicted molar refractivity (Wildman–Crippen MR) is 54.7 cm³/mol. The molecule has 1 aliphatic rings. The summed E-state index contributed by atoms with van der Waals surface area (Å²) in [5, 5.41) is 3.09. The average molecular weight is 210 g/mol. The number of carbonyl (C=O) groups excluding carboxylic acids is 1. The van der Waals surface area contributed by atoms with Crippen LogP contribution < -0.4 is 11.1 Å². The summed E-state index contributed by atoms with van der Waals surface area (Å²) in [6.45, 7) is 0.668. The second kappa shape index (κ2) is 3.42. The molecule has 14 heavy (non-hydrogen) atoms. The number of carbonyl (C=O) groups is 1. The van der Waals surface area contributed by atoms with E-state index in [1.165, 1.54) is 0 Å². The molecule has 0 spiro atoms. The van der Waals surface area contributed by atoms with Gasteiger partial charge in [-0.25, -0.2) is 0 Å². The number of nitrogens with two attached hydrogens (primary N) is 1. The molecule has 0 aromatic heterocycles. The smallest absolute Gasteiger partial charge is 0.248 e. The van der Waals surface area contributed by atoms with Gasteiger partial charge >= 0.3 is 0 Å². The number of rotatable bonds is 1. The van der Waals surface area contributed by atoms with Crippen molar-refractivity contribution in [3.63, 3.8) is 0 Å². The Morgan fingerprint density at radius 1 is 1.50 bits per heavy atom. The van der Waals surface area contributed by atoms with Gasteiger partial charge in [0.2, 0.25) is 5.91 Å². The Labute approximate surface area is 83.9 Å². The van der Waals surface area contributed by atoms with Crippen molar-refractivity contribution in [3.8, 4) is 0 Å². The van der Waals surface area contributed by atoms with Crippen LogP contribution in [0.5, 0.6) is 0 Å². The minimum Gasteiger partial charge on any atom is -0.383 e. The van der Waals surface area contributed by atoms with Crippen LogP contribution in [-0.4, -0.2) is 22.4 Å². The summed E-state index contributed by atoms with van der Waals surface area (Å²) in [5.41, 5.74) is 6.33. The molecule has 0 saturated carbocycles. The van der Waals surface area contributed by atoms with Crippen molar-refractivity contribution in [2.24, 2.45) is 5.73 Å². The predicted octanol–water partition coefficient (Wildman–Crippen LogP) is 0.319. The van der Waals surface area contributed by atoms with Crippen molar-refractivity contribution in [2.45, 2.75) is 4.90 Å². The molecule has 1 heterocycles. The van der Waals surface area contributed by atoms with Crippen LogP contribution in [0.15, 0.2) is 23.1 Å². The van der Waals surface area contributed by atoms with Crippen LogP contribution in [0, 0.1) is 0 Å². The number of hydrogen-bond donors (Lipinski definition) is 2. The van der Waals surface area contributed by atoms with Gasteiger partial charge in [0.15, 0.2) is 0 Å². The molecule has 1 aromatic rings. The molecule has 1 amide bonds. The Hall–Kier alpha value is -1.36. The first-order valence-corrected chi connectivity index (χ1v) is 5.56. The summed E-state index contributed by atoms with van der Waals surface area (Å²) in [6.07, 6.45) is 0. The molecule has 5 heteroatoms. The quantitative estimate of drug-likeness (QED) is 0.701. The zero-order valence-corrected chi connectivity index (χ0v) is 8.26. The van der Waals surface area contributed by atoms with Gasteiger partial charge in [-0.05, 0) is 18.2 Å². The Bertz CT molecular complexity index is 417. The van der Waals surface area contributed by atoms with Crippen LogP contribution in [0.4, 0.5) is 5.69 Å². The van der Waals surface area contributed by atoms with Crippen molar-refractivity contribution in [2.75, 3.05) is 17.6 Å². The van der Waals surface area contributed by atoms with Crippen LogP contribution >= 0.6 is 0 Å². The molecule has 74 valence electrons. The molecule has 0 fully saturated rings. The fraction of sp³-hybridized carbons (Fsp3) is 0.222. The maximum absolute atomic E-state index is 11.5. The van der Waals surface area contributed by atoms with E-state index in [4.69, 9.17) is 5.73 Å². The molecule has 1 aromatic carbocycles. The molecule has 0 saturated heterocycles. The number of primary amides is 1. The van der Waals surface area contributed by atoms with Crippen LogP contribution in [0.25, 0.3) is 0 Å². The van der Waals surface area contributed by atoms with Gasteiger partial charge in [0.05, 0.1) is 21.4 Å². The van der Waals surface area contributed by atoms with Crippen molar-refractivity contribution in [1.29, 1.82) is 0 Å². The van der Waals surface area contributed by atoms with E-state index in [0.29, 0.717) is 17.9 Å². The highest BCUT2D eigenvalue weighted by Crippen LogP contribution is 2.24. The number of benzene rings is 1. The SMILES string of the molecule is NC(=O)c1ccc2c(c1)NCCS2=O. The average Bonchev–Trinajstić information content (AvgIpc) is 2.17. The number of fused-ring (bicyclic) bond motifs is 1. The maximum atomic E-state index is 11.5. The molecule has 1 aliphatic heterocycles. The summed E-state index contributed by atoms with van der Waals surface area (Å²) in [6, 6.07) is 4.94. The van der Waals surface area contributed by atoms with Gasteiger partial charge in [0.1, 0.15) is 0 Å². The summed E-state index contributed by atoms with van der Waals surface area (Å²) < 4.78 is 11.5. The molecule has 0 bridgehead atoms. The minimum absolute atomic E-state index is 0.440. The third kappa shape index (κ3) is 1.50. The Morgan fingerprint density at radius 3 is 3.00 bits per heavy atom. The highest BCUT2D eigenvalue weighted by atomic mass is 32.2. The van der Waals surface area contributed by atoms with Crippen LogP contribution in [0.2, 0.25) is 0 Å². The van der Waals surface area contributed by atoms with E-state index in [0.717, 1.165) is 10.6 Å². The number of nitrogens with one attached hydrogen (secondary N) is 1. The number of hydrogen-bond acceptors (Lipinski definition) is 3. The van der Waals surface area contributed by atoms with Crippen LogP contribution in [-0.2, 0) is 10.8 Å². The van der Waals surface area contributed by atoms with Crippen LogP contribution in [0.1, 0.15) is 10.4 Å². The normalized spacial score (nSPS) is 19.6. The lowest BCUT2D eigenvalue weighted by Gasteiger charge is -2.17. The monoisotopic (exact) mass is 210 g/mol. The molecular formula is C9H10N2O2S. The number of anilines is 1. The highest BCUT2D eigenvalue weighted by Gasteiger charge is 2.16. The van der Waals surface area contributed by atoms with Gasteiger partial charge in [-0.2, -0.15) is 0 Å².